The van der Waals surface area contributed by atoms with Gasteiger partial charge >= 0.3 is 12.1 Å². The van der Waals surface area contributed by atoms with E-state index in [1.165, 1.54) is 31.5 Å². The summed E-state index contributed by atoms with van der Waals surface area (Å²) in [7, 11) is -0.489. The van der Waals surface area contributed by atoms with Crippen LogP contribution in [0.5, 0.6) is 5.75 Å². The molecule has 1 heterocycles. The minimum atomic E-state index is -5.08. The second-order valence-corrected chi connectivity index (χ2v) is 8.68. The maximum absolute atomic E-state index is 14.6. The highest BCUT2D eigenvalue weighted by Crippen LogP contribution is 2.34. The van der Waals surface area contributed by atoms with Crippen molar-refractivity contribution in [1.29, 1.82) is 0 Å². The molecule has 0 atom stereocenters. The van der Waals surface area contributed by atoms with Gasteiger partial charge in [0.25, 0.3) is 10.0 Å². The maximum atomic E-state index is 14.6. The zero-order valence-corrected chi connectivity index (χ0v) is 18.7. The van der Waals surface area contributed by atoms with Crippen LogP contribution in [0.2, 0.25) is 0 Å². The Morgan fingerprint density at radius 1 is 1.18 bits per heavy atom. The topological polar surface area (TPSA) is 88.8 Å². The molecule has 1 aromatic heterocycles. The number of nitrogens with zero attached hydrogens (tertiary/aromatic N) is 2. The molecule has 0 spiro atoms. The number of hydrogen-bond donors (Lipinski definition) is 1. The molecule has 0 radical (unpaired) electrons. The number of benzene rings is 2. The van der Waals surface area contributed by atoms with E-state index in [2.05, 4.69) is 0 Å². The van der Waals surface area contributed by atoms with E-state index in [1.54, 1.807) is 24.3 Å². The summed E-state index contributed by atoms with van der Waals surface area (Å²) in [6.07, 6.45) is -3.62. The lowest BCUT2D eigenvalue weighted by atomic mass is 10.1. The van der Waals surface area contributed by atoms with Crippen LogP contribution in [0.1, 0.15) is 12.5 Å². The van der Waals surface area contributed by atoms with Crippen LogP contribution in [0, 0.1) is 5.82 Å². The van der Waals surface area contributed by atoms with Crippen molar-refractivity contribution < 1.29 is 40.6 Å². The molecule has 2 aromatic carbocycles. The third-order valence-corrected chi connectivity index (χ3v) is 6.39. The predicted octanol–water partition coefficient (Wildman–Crippen LogP) is 4.11. The van der Waals surface area contributed by atoms with Crippen molar-refractivity contribution in [1.82, 2.24) is 8.87 Å². The van der Waals surface area contributed by atoms with Crippen molar-refractivity contribution >= 4 is 26.9 Å². The molecule has 12 heteroatoms. The average molecular weight is 490 g/mol. The third-order valence-electron chi connectivity index (χ3n) is 4.68. The van der Waals surface area contributed by atoms with Gasteiger partial charge in [-0.25, -0.2) is 21.6 Å². The van der Waals surface area contributed by atoms with Gasteiger partial charge < -0.3 is 14.7 Å². The lowest BCUT2D eigenvalue weighted by molar-refractivity contribution is -0.192. The van der Waals surface area contributed by atoms with Crippen molar-refractivity contribution in [2.45, 2.75) is 24.5 Å². The van der Waals surface area contributed by atoms with E-state index >= 15 is 0 Å². The second-order valence-electron chi connectivity index (χ2n) is 6.87. The fourth-order valence-electron chi connectivity index (χ4n) is 2.95. The van der Waals surface area contributed by atoms with Crippen molar-refractivity contribution in [2.24, 2.45) is 0 Å². The molecule has 3 rings (SSSR count). The van der Waals surface area contributed by atoms with Gasteiger partial charge in [-0.15, -0.1) is 0 Å². The molecule has 33 heavy (non-hydrogen) atoms. The fourth-order valence-corrected chi connectivity index (χ4v) is 4.31. The number of rotatable bonds is 6. The maximum Gasteiger partial charge on any atom is 0.490 e. The molecule has 3 aromatic rings. The molecular formula is C21H22F4N2O5S. The first-order valence-electron chi connectivity index (χ1n) is 9.50. The number of fused-ring (bicyclic) bond motifs is 1. The minimum absolute atomic E-state index is 0.146. The highest BCUT2D eigenvalue weighted by Gasteiger charge is 2.38. The number of ether oxygens (including phenoxy) is 1. The Hall–Kier alpha value is -3.12. The van der Waals surface area contributed by atoms with E-state index in [9.17, 15) is 26.0 Å². The van der Waals surface area contributed by atoms with Crippen LogP contribution >= 0.6 is 0 Å². The van der Waals surface area contributed by atoms with Crippen LogP contribution in [-0.4, -0.2) is 55.2 Å². The predicted molar refractivity (Wildman–Crippen MR) is 113 cm³/mol. The number of alkyl halides is 3. The van der Waals surface area contributed by atoms with Crippen molar-refractivity contribution in [2.75, 3.05) is 20.7 Å². The summed E-state index contributed by atoms with van der Waals surface area (Å²) in [5, 5.41) is 7.78. The third kappa shape index (κ3) is 5.82. The van der Waals surface area contributed by atoms with E-state index in [0.29, 0.717) is 23.0 Å². The number of aliphatic carboxylic acids is 1. The number of carbonyl (C=O) groups is 1. The van der Waals surface area contributed by atoms with Gasteiger partial charge in [0.2, 0.25) is 0 Å². The standard InChI is InChI=1S/C19H21FN2O3S.C2HF3O2/c1-4-21(2)13-16-15-10-11-22(18(15)12-17(20)19(16)25-3)26(23,24)14-8-6-5-7-9-14;3-2(4,5)1(6)7/h5-12H,4,13H2,1-3H3;(H,6,7). The number of methoxy groups -OCH3 is 1. The second kappa shape index (κ2) is 10.2. The first kappa shape index (κ1) is 26.1. The highest BCUT2D eigenvalue weighted by atomic mass is 32.2. The summed E-state index contributed by atoms with van der Waals surface area (Å²) in [4.78, 5) is 11.0. The van der Waals surface area contributed by atoms with Crippen LogP contribution in [0.3, 0.4) is 0 Å². The Bertz CT molecular complexity index is 1220. The van der Waals surface area contributed by atoms with E-state index in [1.807, 2.05) is 18.9 Å². The van der Waals surface area contributed by atoms with Gasteiger partial charge in [0, 0.05) is 29.8 Å². The Balaban J connectivity index is 0.000000479. The summed E-state index contributed by atoms with van der Waals surface area (Å²) in [5.74, 6) is -3.19. The van der Waals surface area contributed by atoms with E-state index in [0.717, 1.165) is 10.5 Å². The molecule has 7 nitrogen and oxygen atoms in total. The molecule has 1 N–H and O–H groups in total. The van der Waals surface area contributed by atoms with Gasteiger partial charge in [-0.2, -0.15) is 13.2 Å². The number of halogens is 4. The minimum Gasteiger partial charge on any atom is -0.493 e. The number of carboxylic acids is 1. The monoisotopic (exact) mass is 490 g/mol. The average Bonchev–Trinajstić information content (AvgIpc) is 3.18. The molecule has 0 fully saturated rings. The molecule has 0 aliphatic rings. The Morgan fingerprint density at radius 2 is 1.76 bits per heavy atom. The van der Waals surface area contributed by atoms with Crippen LogP contribution < -0.4 is 4.74 Å². The largest absolute Gasteiger partial charge is 0.493 e. The van der Waals surface area contributed by atoms with Gasteiger partial charge in [-0.3, -0.25) is 0 Å². The van der Waals surface area contributed by atoms with Gasteiger partial charge in [0.1, 0.15) is 0 Å². The van der Waals surface area contributed by atoms with Crippen molar-refractivity contribution in [3.05, 3.63) is 60.0 Å². The molecule has 0 amide bonds. The van der Waals surface area contributed by atoms with Gasteiger partial charge in [0.05, 0.1) is 17.5 Å². The van der Waals surface area contributed by atoms with Gasteiger partial charge in [0.15, 0.2) is 11.6 Å². The first-order chi connectivity index (χ1) is 15.3. The SMILES string of the molecule is CCN(C)Cc1c(OC)c(F)cc2c1ccn2S(=O)(=O)c1ccccc1.O=C(O)C(F)(F)F. The first-order valence-corrected chi connectivity index (χ1v) is 10.9. The van der Waals surface area contributed by atoms with Crippen molar-refractivity contribution in [3.63, 3.8) is 0 Å². The summed E-state index contributed by atoms with van der Waals surface area (Å²) in [5.41, 5.74) is 0.931. The summed E-state index contributed by atoms with van der Waals surface area (Å²) >= 11 is 0. The van der Waals surface area contributed by atoms with Crippen LogP contribution in [0.4, 0.5) is 17.6 Å². The smallest absolute Gasteiger partial charge is 0.490 e. The lowest BCUT2D eigenvalue weighted by Gasteiger charge is -2.18. The van der Waals surface area contributed by atoms with Crippen LogP contribution in [0.25, 0.3) is 10.9 Å². The zero-order valence-electron chi connectivity index (χ0n) is 17.9. The van der Waals surface area contributed by atoms with Gasteiger partial charge in [-0.05, 0) is 31.8 Å². The molecule has 0 unspecified atom stereocenters. The normalized spacial score (nSPS) is 11.9. The molecule has 180 valence electrons. The fraction of sp³-hybridized carbons (Fsp3) is 0.286. The van der Waals surface area contributed by atoms with E-state index in [4.69, 9.17) is 14.6 Å². The Morgan fingerprint density at radius 3 is 2.24 bits per heavy atom. The van der Waals surface area contributed by atoms with Crippen LogP contribution in [0.15, 0.2) is 53.6 Å². The Labute approximate surface area is 187 Å². The quantitative estimate of drug-likeness (QED) is 0.524. The van der Waals surface area contributed by atoms with Gasteiger partial charge in [-0.1, -0.05) is 25.1 Å². The summed E-state index contributed by atoms with van der Waals surface area (Å²) < 4.78 is 78.7. The summed E-state index contributed by atoms with van der Waals surface area (Å²) in [6, 6.07) is 11.0. The van der Waals surface area contributed by atoms with Crippen molar-refractivity contribution in [3.8, 4) is 5.75 Å². The Kier molecular flexibility index (Phi) is 8.09. The van der Waals surface area contributed by atoms with Crippen LogP contribution in [-0.2, 0) is 21.4 Å². The molecular weight excluding hydrogens is 468 g/mol. The molecule has 0 aliphatic heterocycles. The van der Waals surface area contributed by atoms with E-state index < -0.39 is 28.0 Å². The molecule has 0 bridgehead atoms. The lowest BCUT2D eigenvalue weighted by Crippen LogP contribution is -2.21. The number of aromatic nitrogens is 1. The van der Waals surface area contributed by atoms with E-state index in [-0.39, 0.29) is 10.6 Å². The number of hydrogen-bond acceptors (Lipinski definition) is 5. The zero-order chi connectivity index (χ0) is 25.0. The number of carboxylic acid groups (broad SMARTS) is 1. The highest BCUT2D eigenvalue weighted by molar-refractivity contribution is 7.90. The molecule has 0 saturated carbocycles. The molecule has 0 saturated heterocycles. The molecule has 0 aliphatic carbocycles. The summed E-state index contributed by atoms with van der Waals surface area (Å²) in [6.45, 7) is 3.21.